The van der Waals surface area contributed by atoms with Gasteiger partial charge in [-0.15, -0.1) is 0 Å². The van der Waals surface area contributed by atoms with Crippen LogP contribution in [0.15, 0.2) is 36.4 Å². The second-order valence-corrected chi connectivity index (χ2v) is 11.0. The zero-order chi connectivity index (χ0) is 24.9. The maximum Gasteiger partial charge on any atom is 0.409 e. The lowest BCUT2D eigenvalue weighted by Gasteiger charge is -2.30. The monoisotopic (exact) mass is 492 g/mol. The topological polar surface area (TPSA) is 9.23 Å². The molecule has 2 aliphatic rings. The lowest BCUT2D eigenvalue weighted by molar-refractivity contribution is -0.0803. The summed E-state index contributed by atoms with van der Waals surface area (Å²) >= 11 is 0. The van der Waals surface area contributed by atoms with Gasteiger partial charge in [0, 0.05) is 12.7 Å². The van der Waals surface area contributed by atoms with E-state index in [1.165, 1.54) is 94.3 Å². The number of unbranched alkanes of at least 4 members (excludes halogenated alkanes) is 7. The fourth-order valence-corrected chi connectivity index (χ4v) is 5.98. The van der Waals surface area contributed by atoms with Crippen molar-refractivity contribution in [3.05, 3.63) is 47.5 Å². The molecule has 0 heterocycles. The van der Waals surface area contributed by atoms with Crippen LogP contribution in [-0.2, 0) is 4.74 Å². The molecule has 0 aliphatic heterocycles. The van der Waals surface area contributed by atoms with Crippen molar-refractivity contribution < 1.29 is 17.9 Å². The van der Waals surface area contributed by atoms with Crippen LogP contribution in [0, 0.1) is 5.92 Å². The molecule has 0 spiro atoms. The molecule has 0 amide bonds. The third-order valence-electron chi connectivity index (χ3n) is 8.23. The molecule has 4 heteroatoms. The second-order valence-electron chi connectivity index (χ2n) is 11.0. The van der Waals surface area contributed by atoms with Crippen molar-refractivity contribution in [2.24, 2.45) is 5.92 Å². The number of alkyl halides is 3. The summed E-state index contributed by atoms with van der Waals surface area (Å²) < 4.78 is 43.4. The van der Waals surface area contributed by atoms with Gasteiger partial charge in [-0.3, -0.25) is 0 Å². The predicted molar refractivity (Wildman–Crippen MR) is 140 cm³/mol. The molecule has 0 unspecified atom stereocenters. The van der Waals surface area contributed by atoms with E-state index >= 15 is 0 Å². The van der Waals surface area contributed by atoms with Crippen LogP contribution in [0.2, 0.25) is 0 Å². The van der Waals surface area contributed by atoms with Gasteiger partial charge in [-0.25, -0.2) is 0 Å². The summed E-state index contributed by atoms with van der Waals surface area (Å²) in [6.07, 6.45) is 17.2. The number of hydrogen-bond donors (Lipinski definition) is 0. The van der Waals surface area contributed by atoms with E-state index in [9.17, 15) is 13.2 Å². The number of benzene rings is 1. The fraction of sp³-hybridized carbons (Fsp3) is 0.742. The average Bonchev–Trinajstić information content (AvgIpc) is 2.87. The molecule has 1 aromatic rings. The Bertz CT molecular complexity index is 708. The zero-order valence-electron chi connectivity index (χ0n) is 21.8. The first kappa shape index (κ1) is 28.3. The number of allylic oxidation sites excluding steroid dienone is 2. The van der Waals surface area contributed by atoms with Crippen LogP contribution < -0.4 is 0 Å². The van der Waals surface area contributed by atoms with E-state index in [1.54, 1.807) is 0 Å². The van der Waals surface area contributed by atoms with Crippen LogP contribution in [0.3, 0.4) is 0 Å². The highest BCUT2D eigenvalue weighted by Crippen LogP contribution is 2.39. The summed E-state index contributed by atoms with van der Waals surface area (Å²) in [4.78, 5) is 0. The number of halogens is 3. The standard InChI is InChI=1S/C31H47F3O/c1-2-3-4-5-6-7-8-9-24-35-30-20-18-29(19-21-30)28-16-14-27(15-17-28)26-12-10-25(11-13-26)22-23-31(32,33)34/h14-17,22-23,25-26,29-30H,2-13,18-21,24H2,1H3. The molecule has 2 fully saturated rings. The number of rotatable bonds is 13. The summed E-state index contributed by atoms with van der Waals surface area (Å²) in [5.74, 6) is 1.19. The van der Waals surface area contributed by atoms with Crippen LogP contribution in [0.25, 0.3) is 0 Å². The van der Waals surface area contributed by atoms with E-state index in [-0.39, 0.29) is 5.92 Å². The fourth-order valence-electron chi connectivity index (χ4n) is 5.98. The lowest BCUT2D eigenvalue weighted by atomic mass is 9.77. The van der Waals surface area contributed by atoms with Crippen molar-refractivity contribution in [2.75, 3.05) is 6.61 Å². The third kappa shape index (κ3) is 10.7. The maximum absolute atomic E-state index is 12.4. The van der Waals surface area contributed by atoms with E-state index in [1.807, 2.05) is 0 Å². The highest BCUT2D eigenvalue weighted by Gasteiger charge is 2.26. The predicted octanol–water partition coefficient (Wildman–Crippen LogP) is 10.3. The van der Waals surface area contributed by atoms with Crippen molar-refractivity contribution in [3.8, 4) is 0 Å². The molecule has 0 radical (unpaired) electrons. The van der Waals surface area contributed by atoms with E-state index in [4.69, 9.17) is 4.74 Å². The maximum atomic E-state index is 12.4. The Morgan fingerprint density at radius 1 is 0.714 bits per heavy atom. The molecule has 0 aromatic heterocycles. The molecule has 35 heavy (non-hydrogen) atoms. The minimum absolute atomic E-state index is 0.0695. The summed E-state index contributed by atoms with van der Waals surface area (Å²) in [5.41, 5.74) is 2.80. The lowest BCUT2D eigenvalue weighted by Crippen LogP contribution is -2.21. The molecule has 1 nitrogen and oxygen atoms in total. The Morgan fingerprint density at radius 2 is 1.20 bits per heavy atom. The van der Waals surface area contributed by atoms with Crippen LogP contribution in [0.4, 0.5) is 13.2 Å². The first-order chi connectivity index (χ1) is 16.9. The van der Waals surface area contributed by atoms with Gasteiger partial charge in [0.15, 0.2) is 0 Å². The zero-order valence-corrected chi connectivity index (χ0v) is 21.8. The van der Waals surface area contributed by atoms with Crippen LogP contribution in [0.1, 0.15) is 133 Å². The summed E-state index contributed by atoms with van der Waals surface area (Å²) in [5, 5.41) is 0. The normalized spacial score (nSPS) is 25.8. The number of hydrogen-bond acceptors (Lipinski definition) is 1. The van der Waals surface area contributed by atoms with E-state index < -0.39 is 6.18 Å². The third-order valence-corrected chi connectivity index (χ3v) is 8.23. The molecule has 2 aliphatic carbocycles. The highest BCUT2D eigenvalue weighted by atomic mass is 19.4. The molecule has 1 aromatic carbocycles. The second kappa shape index (κ2) is 15.1. The van der Waals surface area contributed by atoms with Crippen molar-refractivity contribution in [2.45, 2.75) is 134 Å². The molecule has 0 saturated heterocycles. The van der Waals surface area contributed by atoms with Gasteiger partial charge in [0.05, 0.1) is 6.10 Å². The highest BCUT2D eigenvalue weighted by molar-refractivity contribution is 5.28. The van der Waals surface area contributed by atoms with Crippen molar-refractivity contribution in [1.29, 1.82) is 0 Å². The van der Waals surface area contributed by atoms with Crippen LogP contribution in [-0.4, -0.2) is 18.9 Å². The largest absolute Gasteiger partial charge is 0.409 e. The van der Waals surface area contributed by atoms with E-state index in [0.29, 0.717) is 24.0 Å². The summed E-state index contributed by atoms with van der Waals surface area (Å²) in [6.45, 7) is 3.19. The first-order valence-electron chi connectivity index (χ1n) is 14.4. The van der Waals surface area contributed by atoms with Crippen molar-refractivity contribution in [1.82, 2.24) is 0 Å². The summed E-state index contributed by atoms with van der Waals surface area (Å²) in [7, 11) is 0. The van der Waals surface area contributed by atoms with Gasteiger partial charge in [0.1, 0.15) is 0 Å². The van der Waals surface area contributed by atoms with Crippen molar-refractivity contribution in [3.63, 3.8) is 0 Å². The Labute approximate surface area is 211 Å². The van der Waals surface area contributed by atoms with Gasteiger partial charge >= 0.3 is 6.18 Å². The van der Waals surface area contributed by atoms with Gasteiger partial charge in [-0.1, -0.05) is 82.2 Å². The molecule has 0 N–H and O–H groups in total. The molecule has 2 saturated carbocycles. The Balaban J connectivity index is 1.29. The smallest absolute Gasteiger partial charge is 0.378 e. The van der Waals surface area contributed by atoms with Gasteiger partial charge in [0.2, 0.25) is 0 Å². The van der Waals surface area contributed by atoms with Gasteiger partial charge in [-0.2, -0.15) is 13.2 Å². The van der Waals surface area contributed by atoms with Gasteiger partial charge < -0.3 is 4.74 Å². The molecule has 198 valence electrons. The first-order valence-corrected chi connectivity index (χ1v) is 14.4. The molecule has 3 rings (SSSR count). The Hall–Kier alpha value is -1.29. The molecular weight excluding hydrogens is 445 g/mol. The summed E-state index contributed by atoms with van der Waals surface area (Å²) in [6, 6.07) is 9.15. The van der Waals surface area contributed by atoms with Gasteiger partial charge in [-0.05, 0) is 86.7 Å². The van der Waals surface area contributed by atoms with Crippen LogP contribution in [0.5, 0.6) is 0 Å². The molecular formula is C31H47F3O. The van der Waals surface area contributed by atoms with E-state index in [2.05, 4.69) is 31.2 Å². The average molecular weight is 493 g/mol. The minimum Gasteiger partial charge on any atom is -0.378 e. The SMILES string of the molecule is CCCCCCCCCCOC1CCC(c2ccc(C3CCC(C=CC(F)(F)F)CC3)cc2)CC1. The Morgan fingerprint density at radius 3 is 1.71 bits per heavy atom. The van der Waals surface area contributed by atoms with E-state index in [0.717, 1.165) is 32.3 Å². The van der Waals surface area contributed by atoms with Gasteiger partial charge in [0.25, 0.3) is 0 Å². The molecule has 0 bridgehead atoms. The van der Waals surface area contributed by atoms with Crippen molar-refractivity contribution >= 4 is 0 Å². The van der Waals surface area contributed by atoms with Crippen LogP contribution >= 0.6 is 0 Å². The molecule has 0 atom stereocenters. The number of ether oxygens (including phenoxy) is 1. The minimum atomic E-state index is -4.19. The quantitative estimate of drug-likeness (QED) is 0.197. The Kier molecular flexibility index (Phi) is 12.2.